The molecule has 0 saturated heterocycles. The maximum absolute atomic E-state index is 13.2. The summed E-state index contributed by atoms with van der Waals surface area (Å²) in [7, 11) is 0. The fourth-order valence-corrected chi connectivity index (χ4v) is 2.77. The van der Waals surface area contributed by atoms with Crippen molar-refractivity contribution in [3.05, 3.63) is 35.4 Å². The van der Waals surface area contributed by atoms with Crippen molar-refractivity contribution in [2.45, 2.75) is 39.0 Å². The van der Waals surface area contributed by atoms with Crippen LogP contribution >= 0.6 is 0 Å². The van der Waals surface area contributed by atoms with Crippen molar-refractivity contribution >= 4 is 0 Å². The van der Waals surface area contributed by atoms with Crippen molar-refractivity contribution in [3.63, 3.8) is 0 Å². The highest BCUT2D eigenvalue weighted by Crippen LogP contribution is 2.43. The molecule has 100 valence electrons. The van der Waals surface area contributed by atoms with Crippen LogP contribution in [0.1, 0.15) is 38.2 Å². The lowest BCUT2D eigenvalue weighted by Crippen LogP contribution is -2.41. The predicted molar refractivity (Wildman–Crippen MR) is 69.5 cm³/mol. The average molecular weight is 253 g/mol. The lowest BCUT2D eigenvalue weighted by atomic mass is 9.65. The van der Waals surface area contributed by atoms with Gasteiger partial charge in [0.05, 0.1) is 0 Å². The summed E-state index contributed by atoms with van der Waals surface area (Å²) in [5.41, 5.74) is 1.00. The van der Waals surface area contributed by atoms with Crippen molar-refractivity contribution in [2.24, 2.45) is 5.41 Å². The summed E-state index contributed by atoms with van der Waals surface area (Å²) in [6, 6.07) is 3.86. The van der Waals surface area contributed by atoms with Crippen LogP contribution in [0, 0.1) is 17.0 Å². The highest BCUT2D eigenvalue weighted by atomic mass is 19.1. The van der Waals surface area contributed by atoms with Gasteiger partial charge in [-0.2, -0.15) is 0 Å². The summed E-state index contributed by atoms with van der Waals surface area (Å²) >= 11 is 0. The standard InChI is InChI=1S/C15H21F2N/c1-2-6-18-11-15(4-3-5-15)10-12-7-13(16)9-14(17)8-12/h7-9,18H,2-6,10-11H2,1H3. The molecule has 1 aromatic rings. The van der Waals surface area contributed by atoms with Crippen LogP contribution in [0.15, 0.2) is 18.2 Å². The minimum atomic E-state index is -0.471. The van der Waals surface area contributed by atoms with Gasteiger partial charge in [-0.05, 0) is 55.3 Å². The van der Waals surface area contributed by atoms with Gasteiger partial charge in [0.15, 0.2) is 0 Å². The first-order valence-corrected chi connectivity index (χ1v) is 6.79. The van der Waals surface area contributed by atoms with E-state index in [1.54, 1.807) is 0 Å². The third-order valence-electron chi connectivity index (χ3n) is 3.84. The van der Waals surface area contributed by atoms with Crippen LogP contribution in [-0.2, 0) is 6.42 Å². The molecule has 0 heterocycles. The fraction of sp³-hybridized carbons (Fsp3) is 0.600. The highest BCUT2D eigenvalue weighted by Gasteiger charge is 2.36. The van der Waals surface area contributed by atoms with Gasteiger partial charge in [-0.3, -0.25) is 0 Å². The Bertz CT molecular complexity index is 379. The molecule has 1 aliphatic carbocycles. The maximum atomic E-state index is 13.2. The van der Waals surface area contributed by atoms with E-state index in [1.165, 1.54) is 18.6 Å². The molecule has 1 saturated carbocycles. The molecule has 0 spiro atoms. The van der Waals surface area contributed by atoms with Gasteiger partial charge >= 0.3 is 0 Å². The topological polar surface area (TPSA) is 12.0 Å². The molecular weight excluding hydrogens is 232 g/mol. The fourth-order valence-electron chi connectivity index (χ4n) is 2.77. The van der Waals surface area contributed by atoms with Crippen molar-refractivity contribution in [3.8, 4) is 0 Å². The Balaban J connectivity index is 2.00. The molecule has 1 nitrogen and oxygen atoms in total. The number of hydrogen-bond acceptors (Lipinski definition) is 1. The number of nitrogens with one attached hydrogen (secondary N) is 1. The molecule has 0 bridgehead atoms. The number of halogens is 2. The van der Waals surface area contributed by atoms with Crippen molar-refractivity contribution in [1.29, 1.82) is 0 Å². The molecule has 1 fully saturated rings. The van der Waals surface area contributed by atoms with Crippen molar-refractivity contribution < 1.29 is 8.78 Å². The number of benzene rings is 1. The van der Waals surface area contributed by atoms with Gasteiger partial charge < -0.3 is 5.32 Å². The Morgan fingerprint density at radius 1 is 1.17 bits per heavy atom. The zero-order valence-corrected chi connectivity index (χ0v) is 10.9. The van der Waals surface area contributed by atoms with Crippen LogP contribution in [0.3, 0.4) is 0 Å². The Labute approximate surface area is 108 Å². The minimum Gasteiger partial charge on any atom is -0.316 e. The summed E-state index contributed by atoms with van der Waals surface area (Å²) in [5.74, 6) is -0.943. The van der Waals surface area contributed by atoms with E-state index in [2.05, 4.69) is 12.2 Å². The lowest BCUT2D eigenvalue weighted by Gasteiger charge is -2.42. The van der Waals surface area contributed by atoms with Crippen molar-refractivity contribution in [2.75, 3.05) is 13.1 Å². The quantitative estimate of drug-likeness (QED) is 0.763. The normalized spacial score (nSPS) is 17.5. The molecule has 1 aromatic carbocycles. The van der Waals surface area contributed by atoms with E-state index in [9.17, 15) is 8.78 Å². The van der Waals surface area contributed by atoms with Gasteiger partial charge in [0.1, 0.15) is 11.6 Å². The molecular formula is C15H21F2N. The van der Waals surface area contributed by atoms with Crippen molar-refractivity contribution in [1.82, 2.24) is 5.32 Å². The zero-order valence-electron chi connectivity index (χ0n) is 10.9. The zero-order chi connectivity index (χ0) is 13.0. The van der Waals surface area contributed by atoms with Crippen LogP contribution in [-0.4, -0.2) is 13.1 Å². The molecule has 1 aliphatic rings. The van der Waals surface area contributed by atoms with Crippen LogP contribution in [0.5, 0.6) is 0 Å². The lowest BCUT2D eigenvalue weighted by molar-refractivity contribution is 0.130. The average Bonchev–Trinajstić information content (AvgIpc) is 2.24. The number of rotatable bonds is 6. The van der Waals surface area contributed by atoms with Gasteiger partial charge in [-0.1, -0.05) is 13.3 Å². The largest absolute Gasteiger partial charge is 0.316 e. The van der Waals surface area contributed by atoms with Gasteiger partial charge in [0.2, 0.25) is 0 Å². The molecule has 3 heteroatoms. The van der Waals surface area contributed by atoms with Gasteiger partial charge in [0.25, 0.3) is 0 Å². The second kappa shape index (κ2) is 5.79. The van der Waals surface area contributed by atoms with E-state index in [0.29, 0.717) is 0 Å². The van der Waals surface area contributed by atoms with Crippen LogP contribution in [0.25, 0.3) is 0 Å². The molecule has 0 atom stereocenters. The van der Waals surface area contributed by atoms with Gasteiger partial charge in [-0.25, -0.2) is 8.78 Å². The first-order chi connectivity index (χ1) is 8.63. The van der Waals surface area contributed by atoms with E-state index in [1.807, 2.05) is 0 Å². The van der Waals surface area contributed by atoms with Crippen LogP contribution in [0.4, 0.5) is 8.78 Å². The maximum Gasteiger partial charge on any atom is 0.126 e. The third kappa shape index (κ3) is 3.29. The Hall–Kier alpha value is -0.960. The molecule has 0 aliphatic heterocycles. The molecule has 0 amide bonds. The van der Waals surface area contributed by atoms with E-state index in [4.69, 9.17) is 0 Å². The monoisotopic (exact) mass is 253 g/mol. The summed E-state index contributed by atoms with van der Waals surface area (Å²) in [6.07, 6.45) is 5.43. The first-order valence-electron chi connectivity index (χ1n) is 6.79. The minimum absolute atomic E-state index is 0.218. The predicted octanol–water partition coefficient (Wildman–Crippen LogP) is 3.68. The molecule has 0 unspecified atom stereocenters. The summed E-state index contributed by atoms with van der Waals surface area (Å²) in [4.78, 5) is 0. The summed E-state index contributed by atoms with van der Waals surface area (Å²) in [5, 5.41) is 3.44. The summed E-state index contributed by atoms with van der Waals surface area (Å²) < 4.78 is 26.4. The molecule has 0 radical (unpaired) electrons. The van der Waals surface area contributed by atoms with E-state index in [0.717, 1.165) is 50.4 Å². The van der Waals surface area contributed by atoms with E-state index < -0.39 is 11.6 Å². The Kier molecular flexibility index (Phi) is 4.33. The van der Waals surface area contributed by atoms with E-state index >= 15 is 0 Å². The molecule has 2 rings (SSSR count). The van der Waals surface area contributed by atoms with Crippen LogP contribution < -0.4 is 5.32 Å². The van der Waals surface area contributed by atoms with E-state index in [-0.39, 0.29) is 5.41 Å². The Morgan fingerprint density at radius 3 is 2.33 bits per heavy atom. The van der Waals surface area contributed by atoms with Crippen LogP contribution in [0.2, 0.25) is 0 Å². The molecule has 18 heavy (non-hydrogen) atoms. The summed E-state index contributed by atoms with van der Waals surface area (Å²) in [6.45, 7) is 4.11. The second-order valence-corrected chi connectivity index (χ2v) is 5.48. The van der Waals surface area contributed by atoms with Gasteiger partial charge in [0, 0.05) is 12.6 Å². The second-order valence-electron chi connectivity index (χ2n) is 5.48. The van der Waals surface area contributed by atoms with Gasteiger partial charge in [-0.15, -0.1) is 0 Å². The highest BCUT2D eigenvalue weighted by molar-refractivity contribution is 5.20. The SMILES string of the molecule is CCCNCC1(Cc2cc(F)cc(F)c2)CCC1. The smallest absolute Gasteiger partial charge is 0.126 e. The molecule has 1 N–H and O–H groups in total. The molecule has 0 aromatic heterocycles. The third-order valence-corrected chi connectivity index (χ3v) is 3.84. The first kappa shape index (κ1) is 13.5. The Morgan fingerprint density at radius 2 is 1.83 bits per heavy atom. The number of hydrogen-bond donors (Lipinski definition) is 1.